The minimum atomic E-state index is 0.754. The molecule has 0 aromatic heterocycles. The second-order valence-corrected chi connectivity index (χ2v) is 5.34. The summed E-state index contributed by atoms with van der Waals surface area (Å²) in [5, 5.41) is 0. The van der Waals surface area contributed by atoms with Gasteiger partial charge < -0.3 is 5.73 Å². The summed E-state index contributed by atoms with van der Waals surface area (Å²) in [4.78, 5) is 2.76. The molecule has 2 rings (SSSR count). The van der Waals surface area contributed by atoms with Crippen molar-refractivity contribution in [2.75, 3.05) is 13.1 Å². The largest absolute Gasteiger partial charge is 0.330 e. The van der Waals surface area contributed by atoms with Crippen molar-refractivity contribution in [3.8, 4) is 0 Å². The van der Waals surface area contributed by atoms with E-state index in [1.54, 1.807) is 0 Å². The zero-order valence-electron chi connectivity index (χ0n) is 9.58. The fourth-order valence-corrected chi connectivity index (χ4v) is 3.14. The van der Waals surface area contributed by atoms with E-state index < -0.39 is 0 Å². The molecule has 1 aliphatic carbocycles. The Balaban J connectivity index is 2.05. The van der Waals surface area contributed by atoms with E-state index in [4.69, 9.17) is 5.73 Å². The van der Waals surface area contributed by atoms with Crippen LogP contribution in [0.15, 0.2) is 0 Å². The Hall–Kier alpha value is -0.0800. The first-order chi connectivity index (χ1) is 6.74. The molecule has 1 saturated heterocycles. The van der Waals surface area contributed by atoms with Crippen LogP contribution in [0.5, 0.6) is 0 Å². The van der Waals surface area contributed by atoms with Gasteiger partial charge in [-0.05, 0) is 50.6 Å². The van der Waals surface area contributed by atoms with E-state index in [-0.39, 0.29) is 0 Å². The third-order valence-electron chi connectivity index (χ3n) is 3.86. The zero-order chi connectivity index (χ0) is 10.1. The second kappa shape index (κ2) is 4.19. The lowest BCUT2D eigenvalue weighted by Gasteiger charge is -2.43. The quantitative estimate of drug-likeness (QED) is 0.746. The molecule has 0 amide bonds. The van der Waals surface area contributed by atoms with Gasteiger partial charge in [0, 0.05) is 12.1 Å². The molecule has 0 aromatic rings. The van der Waals surface area contributed by atoms with Crippen molar-refractivity contribution in [1.82, 2.24) is 4.90 Å². The maximum Gasteiger partial charge on any atom is 0.0161 e. The number of rotatable bonds is 3. The molecule has 2 fully saturated rings. The lowest BCUT2D eigenvalue weighted by Crippen LogP contribution is -2.51. The lowest BCUT2D eigenvalue weighted by atomic mass is 9.82. The highest BCUT2D eigenvalue weighted by atomic mass is 15.2. The highest BCUT2D eigenvalue weighted by molar-refractivity contribution is 4.95. The number of hydrogen-bond acceptors (Lipinski definition) is 2. The Morgan fingerprint density at radius 1 is 1.29 bits per heavy atom. The molecule has 0 bridgehead atoms. The van der Waals surface area contributed by atoms with E-state index in [0.29, 0.717) is 0 Å². The van der Waals surface area contributed by atoms with Crippen LogP contribution in [0.3, 0.4) is 0 Å². The van der Waals surface area contributed by atoms with Crippen LogP contribution >= 0.6 is 0 Å². The molecule has 2 unspecified atom stereocenters. The Morgan fingerprint density at radius 2 is 2.00 bits per heavy atom. The molecule has 0 aromatic carbocycles. The van der Waals surface area contributed by atoms with Crippen molar-refractivity contribution in [2.24, 2.45) is 17.6 Å². The predicted octanol–water partition coefficient (Wildman–Crippen LogP) is 1.84. The molecule has 2 aliphatic rings. The summed E-state index contributed by atoms with van der Waals surface area (Å²) in [5.74, 6) is 1.52. The van der Waals surface area contributed by atoms with Gasteiger partial charge in [-0.3, -0.25) is 4.90 Å². The molecule has 1 saturated carbocycles. The third-order valence-corrected chi connectivity index (χ3v) is 3.86. The van der Waals surface area contributed by atoms with Crippen molar-refractivity contribution in [3.05, 3.63) is 0 Å². The summed E-state index contributed by atoms with van der Waals surface area (Å²) in [6.45, 7) is 6.91. The van der Waals surface area contributed by atoms with Gasteiger partial charge in [0.05, 0.1) is 0 Å². The SMILES string of the molecule is CC(C)C1C(CN)CCCN1C1CC1. The molecule has 2 heteroatoms. The fraction of sp³-hybridized carbons (Fsp3) is 1.00. The molecule has 2 atom stereocenters. The lowest BCUT2D eigenvalue weighted by molar-refractivity contribution is 0.0561. The Bertz CT molecular complexity index is 187. The smallest absolute Gasteiger partial charge is 0.0161 e. The third kappa shape index (κ3) is 1.96. The molecule has 0 radical (unpaired) electrons. The summed E-state index contributed by atoms with van der Waals surface area (Å²) in [5.41, 5.74) is 5.89. The Labute approximate surface area is 87.8 Å². The molecule has 82 valence electrons. The highest BCUT2D eigenvalue weighted by Gasteiger charge is 2.40. The van der Waals surface area contributed by atoms with E-state index in [9.17, 15) is 0 Å². The first-order valence-electron chi connectivity index (χ1n) is 6.20. The predicted molar refractivity (Wildman–Crippen MR) is 60.1 cm³/mol. The molecule has 2 N–H and O–H groups in total. The van der Waals surface area contributed by atoms with E-state index in [0.717, 1.165) is 30.5 Å². The fourth-order valence-electron chi connectivity index (χ4n) is 3.14. The van der Waals surface area contributed by atoms with Crippen LogP contribution in [0, 0.1) is 11.8 Å². The second-order valence-electron chi connectivity index (χ2n) is 5.34. The van der Waals surface area contributed by atoms with Gasteiger partial charge in [-0.25, -0.2) is 0 Å². The maximum atomic E-state index is 5.89. The van der Waals surface area contributed by atoms with Gasteiger partial charge in [-0.2, -0.15) is 0 Å². The van der Waals surface area contributed by atoms with E-state index in [1.165, 1.54) is 32.2 Å². The maximum absolute atomic E-state index is 5.89. The van der Waals surface area contributed by atoms with Gasteiger partial charge in [-0.1, -0.05) is 13.8 Å². The van der Waals surface area contributed by atoms with Crippen molar-refractivity contribution in [3.63, 3.8) is 0 Å². The number of hydrogen-bond donors (Lipinski definition) is 1. The monoisotopic (exact) mass is 196 g/mol. The van der Waals surface area contributed by atoms with Gasteiger partial charge in [0.1, 0.15) is 0 Å². The van der Waals surface area contributed by atoms with Gasteiger partial charge >= 0.3 is 0 Å². The summed E-state index contributed by atoms with van der Waals surface area (Å²) < 4.78 is 0. The van der Waals surface area contributed by atoms with Crippen LogP contribution in [0.4, 0.5) is 0 Å². The van der Waals surface area contributed by atoms with Crippen LogP contribution in [-0.2, 0) is 0 Å². The molecule has 2 nitrogen and oxygen atoms in total. The first-order valence-corrected chi connectivity index (χ1v) is 6.20. The number of nitrogens with two attached hydrogens (primary N) is 1. The van der Waals surface area contributed by atoms with Crippen LogP contribution in [0.1, 0.15) is 39.5 Å². The zero-order valence-corrected chi connectivity index (χ0v) is 9.58. The van der Waals surface area contributed by atoms with E-state index in [2.05, 4.69) is 18.7 Å². The van der Waals surface area contributed by atoms with Crippen LogP contribution in [-0.4, -0.2) is 30.1 Å². The topological polar surface area (TPSA) is 29.3 Å². The van der Waals surface area contributed by atoms with Crippen LogP contribution in [0.25, 0.3) is 0 Å². The Morgan fingerprint density at radius 3 is 2.50 bits per heavy atom. The average Bonchev–Trinajstić information content (AvgIpc) is 2.99. The van der Waals surface area contributed by atoms with Crippen molar-refractivity contribution in [2.45, 2.75) is 51.6 Å². The van der Waals surface area contributed by atoms with Crippen molar-refractivity contribution in [1.29, 1.82) is 0 Å². The van der Waals surface area contributed by atoms with Crippen LogP contribution < -0.4 is 5.73 Å². The normalized spacial score (nSPS) is 35.1. The minimum absolute atomic E-state index is 0.754. The molecule has 1 aliphatic heterocycles. The van der Waals surface area contributed by atoms with E-state index in [1.807, 2.05) is 0 Å². The van der Waals surface area contributed by atoms with Gasteiger partial charge in [0.15, 0.2) is 0 Å². The van der Waals surface area contributed by atoms with Gasteiger partial charge in [0.25, 0.3) is 0 Å². The van der Waals surface area contributed by atoms with Crippen molar-refractivity contribution >= 4 is 0 Å². The highest BCUT2D eigenvalue weighted by Crippen LogP contribution is 2.37. The Kier molecular flexibility index (Phi) is 3.13. The first kappa shape index (κ1) is 10.4. The molecule has 14 heavy (non-hydrogen) atoms. The summed E-state index contributed by atoms with van der Waals surface area (Å²) in [6.07, 6.45) is 5.57. The standard InChI is InChI=1S/C12H24N2/c1-9(2)12-10(8-13)4-3-7-14(12)11-5-6-11/h9-12H,3-8,13H2,1-2H3. The molecular weight excluding hydrogens is 172 g/mol. The number of piperidine rings is 1. The average molecular weight is 196 g/mol. The van der Waals surface area contributed by atoms with Crippen LogP contribution in [0.2, 0.25) is 0 Å². The van der Waals surface area contributed by atoms with Gasteiger partial charge in [0.2, 0.25) is 0 Å². The summed E-state index contributed by atoms with van der Waals surface area (Å²) >= 11 is 0. The van der Waals surface area contributed by atoms with E-state index >= 15 is 0 Å². The molecule has 0 spiro atoms. The molecular formula is C12H24N2. The molecule has 1 heterocycles. The minimum Gasteiger partial charge on any atom is -0.330 e. The van der Waals surface area contributed by atoms with Gasteiger partial charge in [-0.15, -0.1) is 0 Å². The van der Waals surface area contributed by atoms with Crippen molar-refractivity contribution < 1.29 is 0 Å². The summed E-state index contributed by atoms with van der Waals surface area (Å²) in [6, 6.07) is 1.68. The summed E-state index contributed by atoms with van der Waals surface area (Å²) in [7, 11) is 0. The number of nitrogens with zero attached hydrogens (tertiary/aromatic N) is 1. The number of likely N-dealkylation sites (tertiary alicyclic amines) is 1.